The normalized spacial score (nSPS) is 11.2. The molecule has 2 rings (SSSR count). The van der Waals surface area contributed by atoms with Crippen LogP contribution in [0.4, 0.5) is 11.6 Å². The second-order valence-electron chi connectivity index (χ2n) is 7.85. The van der Waals surface area contributed by atoms with Crippen molar-refractivity contribution in [3.05, 3.63) is 40.7 Å². The number of halogens is 1. The molecule has 0 bridgehead atoms. The molecule has 0 fully saturated rings. The fourth-order valence-electron chi connectivity index (χ4n) is 3.20. The highest BCUT2D eigenvalue weighted by Crippen LogP contribution is 2.17. The summed E-state index contributed by atoms with van der Waals surface area (Å²) in [5, 5.41) is 11.3. The Morgan fingerprint density at radius 2 is 1.86 bits per heavy atom. The Morgan fingerprint density at radius 3 is 2.53 bits per heavy atom. The number of hydrogen-bond donors (Lipinski definition) is 5. The molecule has 2 aromatic rings. The summed E-state index contributed by atoms with van der Waals surface area (Å²) in [7, 11) is 0. The number of hydrogen-bond acceptors (Lipinski definition) is 9. The maximum Gasteiger partial charge on any atom is 0.280 e. The van der Waals surface area contributed by atoms with E-state index in [1.165, 1.54) is 0 Å². The molecular weight excluding hydrogens is 488 g/mol. The third-order valence-electron chi connectivity index (χ3n) is 5.02. The van der Waals surface area contributed by atoms with Crippen molar-refractivity contribution < 1.29 is 19.4 Å². The molecule has 36 heavy (non-hydrogen) atoms. The van der Waals surface area contributed by atoms with Crippen molar-refractivity contribution in [1.29, 1.82) is 0 Å². The predicted octanol–water partition coefficient (Wildman–Crippen LogP) is 0.972. The summed E-state index contributed by atoms with van der Waals surface area (Å²) < 4.78 is 5.58. The van der Waals surface area contributed by atoms with E-state index in [1.807, 2.05) is 31.2 Å². The number of guanidine groups is 1. The van der Waals surface area contributed by atoms with Crippen molar-refractivity contribution in [3.63, 3.8) is 0 Å². The molecule has 0 aliphatic heterocycles. The van der Waals surface area contributed by atoms with Gasteiger partial charge in [0.2, 0.25) is 0 Å². The molecule has 0 radical (unpaired) electrons. The number of carbonyl (C=O) groups excluding carboxylic acids is 2. The number of unbranched alkanes of at least 4 members (excludes halogenated alkanes) is 1. The minimum atomic E-state index is -0.682. The molecule has 2 amide bonds. The van der Waals surface area contributed by atoms with E-state index in [0.29, 0.717) is 25.4 Å². The first-order valence-electron chi connectivity index (χ1n) is 11.5. The van der Waals surface area contributed by atoms with E-state index < -0.39 is 5.91 Å². The highest BCUT2D eigenvalue weighted by Gasteiger charge is 2.16. The SMILES string of the molecule is CCCN(CCO)C(=O)COc1ccc(CCCCN=C(N)NC(=O)c2nc(Cl)c(N)nc2N)cc1. The van der Waals surface area contributed by atoms with Gasteiger partial charge in [-0.25, -0.2) is 9.97 Å². The summed E-state index contributed by atoms with van der Waals surface area (Å²) in [5.74, 6) is -0.531. The Kier molecular flexibility index (Phi) is 11.7. The molecule has 0 saturated heterocycles. The van der Waals surface area contributed by atoms with Crippen LogP contribution in [0.2, 0.25) is 5.15 Å². The van der Waals surface area contributed by atoms with E-state index in [1.54, 1.807) is 4.90 Å². The number of nitrogens with zero attached hydrogens (tertiary/aromatic N) is 4. The topological polar surface area (TPSA) is 195 Å². The predicted molar refractivity (Wildman–Crippen MR) is 139 cm³/mol. The molecule has 0 atom stereocenters. The molecule has 8 N–H and O–H groups in total. The van der Waals surface area contributed by atoms with Gasteiger partial charge in [0.1, 0.15) is 5.75 Å². The summed E-state index contributed by atoms with van der Waals surface area (Å²) >= 11 is 5.78. The Bertz CT molecular complexity index is 1040. The van der Waals surface area contributed by atoms with Crippen LogP contribution in [0.3, 0.4) is 0 Å². The van der Waals surface area contributed by atoms with Gasteiger partial charge in [-0.15, -0.1) is 0 Å². The molecule has 0 unspecified atom stereocenters. The van der Waals surface area contributed by atoms with Crippen molar-refractivity contribution in [2.75, 3.05) is 44.3 Å². The molecule has 196 valence electrons. The van der Waals surface area contributed by atoms with Crippen LogP contribution in [-0.2, 0) is 11.2 Å². The molecule has 1 heterocycles. The van der Waals surface area contributed by atoms with E-state index in [0.717, 1.165) is 31.2 Å². The van der Waals surface area contributed by atoms with Gasteiger partial charge < -0.3 is 31.9 Å². The van der Waals surface area contributed by atoms with E-state index in [9.17, 15) is 9.59 Å². The van der Waals surface area contributed by atoms with Gasteiger partial charge in [-0.2, -0.15) is 0 Å². The summed E-state index contributed by atoms with van der Waals surface area (Å²) in [6.45, 7) is 3.14. The maximum absolute atomic E-state index is 12.2. The van der Waals surface area contributed by atoms with Crippen LogP contribution >= 0.6 is 11.6 Å². The minimum Gasteiger partial charge on any atom is -0.484 e. The number of ether oxygens (including phenoxy) is 1. The largest absolute Gasteiger partial charge is 0.484 e. The van der Waals surface area contributed by atoms with Crippen molar-refractivity contribution in [2.45, 2.75) is 32.6 Å². The number of aryl methyl sites for hydroxylation is 1. The molecular formula is C23H33ClN8O4. The highest BCUT2D eigenvalue weighted by molar-refractivity contribution is 6.31. The number of aromatic nitrogens is 2. The Balaban J connectivity index is 1.72. The van der Waals surface area contributed by atoms with Crippen molar-refractivity contribution >= 4 is 41.0 Å². The third-order valence-corrected chi connectivity index (χ3v) is 5.30. The minimum absolute atomic E-state index is 0.0679. The molecule has 0 aliphatic rings. The number of nitrogen functional groups attached to an aromatic ring is 2. The number of aliphatic imine (C=N–C) groups is 1. The Labute approximate surface area is 214 Å². The second-order valence-corrected chi connectivity index (χ2v) is 8.21. The molecule has 1 aromatic heterocycles. The first-order valence-corrected chi connectivity index (χ1v) is 11.9. The van der Waals surface area contributed by atoms with Gasteiger partial charge in [0, 0.05) is 19.6 Å². The lowest BCUT2D eigenvalue weighted by Crippen LogP contribution is -2.38. The van der Waals surface area contributed by atoms with Gasteiger partial charge in [0.15, 0.2) is 35.0 Å². The van der Waals surface area contributed by atoms with Crippen LogP contribution in [0.5, 0.6) is 5.75 Å². The quantitative estimate of drug-likeness (QED) is 0.145. The third kappa shape index (κ3) is 9.19. The second kappa shape index (κ2) is 14.7. The van der Waals surface area contributed by atoms with Crippen LogP contribution in [0, 0.1) is 0 Å². The Hall–Kier alpha value is -3.64. The smallest absolute Gasteiger partial charge is 0.280 e. The first kappa shape index (κ1) is 28.6. The number of nitrogens with one attached hydrogen (secondary N) is 1. The number of aliphatic hydroxyl groups is 1. The fourth-order valence-corrected chi connectivity index (χ4v) is 3.33. The number of carbonyl (C=O) groups is 2. The highest BCUT2D eigenvalue weighted by atomic mass is 35.5. The number of rotatable bonds is 13. The van der Waals surface area contributed by atoms with E-state index in [2.05, 4.69) is 20.3 Å². The zero-order valence-electron chi connectivity index (χ0n) is 20.2. The van der Waals surface area contributed by atoms with Gasteiger partial charge in [-0.1, -0.05) is 30.7 Å². The fraction of sp³-hybridized carbons (Fsp3) is 0.435. The van der Waals surface area contributed by atoms with Crippen molar-refractivity contribution in [3.8, 4) is 5.75 Å². The monoisotopic (exact) mass is 520 g/mol. The average Bonchev–Trinajstić information content (AvgIpc) is 2.85. The van der Waals surface area contributed by atoms with Gasteiger partial charge >= 0.3 is 0 Å². The first-order chi connectivity index (χ1) is 17.2. The van der Waals surface area contributed by atoms with Crippen molar-refractivity contribution in [2.24, 2.45) is 10.7 Å². The van der Waals surface area contributed by atoms with Gasteiger partial charge in [0.25, 0.3) is 11.8 Å². The zero-order valence-corrected chi connectivity index (χ0v) is 21.0. The molecule has 12 nitrogen and oxygen atoms in total. The lowest BCUT2D eigenvalue weighted by molar-refractivity contribution is -0.133. The number of amides is 2. The van der Waals surface area contributed by atoms with E-state index in [4.69, 9.17) is 38.6 Å². The standard InChI is InChI=1S/C23H33ClN8O4/c1-2-11-32(12-13-33)17(34)14-36-16-8-6-15(7-9-16)5-3-4-10-28-23(27)31-22(35)18-20(25)30-21(26)19(24)29-18/h6-9,33H,2-5,10-14H2,1H3,(H4,25,26,30)(H3,27,28,31,35). The van der Waals surface area contributed by atoms with Gasteiger partial charge in [-0.3, -0.25) is 19.9 Å². The van der Waals surface area contributed by atoms with Crippen LogP contribution in [-0.4, -0.2) is 70.6 Å². The van der Waals surface area contributed by atoms with Gasteiger partial charge in [-0.05, 0) is 43.4 Å². The maximum atomic E-state index is 12.2. The number of aliphatic hydroxyl groups excluding tert-OH is 1. The number of nitrogens with two attached hydrogens (primary N) is 3. The summed E-state index contributed by atoms with van der Waals surface area (Å²) in [6, 6.07) is 7.53. The number of anilines is 2. The van der Waals surface area contributed by atoms with Crippen LogP contribution in [0.15, 0.2) is 29.3 Å². The van der Waals surface area contributed by atoms with Crippen molar-refractivity contribution in [1.82, 2.24) is 20.2 Å². The zero-order chi connectivity index (χ0) is 26.5. The molecule has 1 aromatic carbocycles. The van der Waals surface area contributed by atoms with E-state index >= 15 is 0 Å². The Morgan fingerprint density at radius 1 is 1.14 bits per heavy atom. The molecule has 0 spiro atoms. The summed E-state index contributed by atoms with van der Waals surface area (Å²) in [4.78, 5) is 37.7. The summed E-state index contributed by atoms with van der Waals surface area (Å²) in [5.41, 5.74) is 17.8. The van der Waals surface area contributed by atoms with E-state index in [-0.39, 0.29) is 47.6 Å². The van der Waals surface area contributed by atoms with Crippen LogP contribution in [0.1, 0.15) is 42.2 Å². The van der Waals surface area contributed by atoms with Crippen LogP contribution in [0.25, 0.3) is 0 Å². The molecule has 13 heteroatoms. The lowest BCUT2D eigenvalue weighted by atomic mass is 10.1. The van der Waals surface area contributed by atoms with Gasteiger partial charge in [0.05, 0.1) is 6.61 Å². The average molecular weight is 521 g/mol. The van der Waals surface area contributed by atoms with Crippen LogP contribution < -0.4 is 27.3 Å². The molecule has 0 aliphatic carbocycles. The molecule has 0 saturated carbocycles. The number of benzene rings is 1. The summed E-state index contributed by atoms with van der Waals surface area (Å²) in [6.07, 6.45) is 3.23. The lowest BCUT2D eigenvalue weighted by Gasteiger charge is -2.21.